The van der Waals surface area contributed by atoms with Crippen LogP contribution in [-0.2, 0) is 22.6 Å². The number of fused-ring (bicyclic) bond motifs is 1. The van der Waals surface area contributed by atoms with Gasteiger partial charge in [0.05, 0.1) is 23.8 Å². The van der Waals surface area contributed by atoms with Crippen molar-refractivity contribution in [3.05, 3.63) is 27.4 Å². The van der Waals surface area contributed by atoms with Crippen LogP contribution >= 0.6 is 0 Å². The summed E-state index contributed by atoms with van der Waals surface area (Å²) in [5, 5.41) is 0. The number of likely N-dealkylation sites (tertiary alicyclic amines) is 1. The fourth-order valence-corrected chi connectivity index (χ4v) is 5.35. The summed E-state index contributed by atoms with van der Waals surface area (Å²) < 4.78 is 0. The number of carbonyl (C=O) groups excluding carboxylic acids is 2. The highest BCUT2D eigenvalue weighted by Gasteiger charge is 2.35. The molecule has 0 radical (unpaired) electrons. The minimum Gasteiger partial charge on any atom is -0.338 e. The Bertz CT molecular complexity index is 874. The predicted molar refractivity (Wildman–Crippen MR) is 118 cm³/mol. The first-order chi connectivity index (χ1) is 15.0. The SMILES string of the molecule is CC[C@@H](C)C(=O)N1CCC[C@@H]1c1nc2c(c(=O)[nH]1)CN(C(=O)CC1CCCCC1)CC2. The fourth-order valence-electron chi connectivity index (χ4n) is 5.35. The minimum atomic E-state index is -0.155. The first kappa shape index (κ1) is 22.0. The van der Waals surface area contributed by atoms with Crippen LogP contribution < -0.4 is 5.56 Å². The van der Waals surface area contributed by atoms with Gasteiger partial charge in [-0.05, 0) is 38.0 Å². The Morgan fingerprint density at radius 1 is 1.13 bits per heavy atom. The van der Waals surface area contributed by atoms with Gasteiger partial charge in [-0.1, -0.05) is 33.1 Å². The van der Waals surface area contributed by atoms with Crippen molar-refractivity contribution >= 4 is 11.8 Å². The van der Waals surface area contributed by atoms with E-state index in [0.29, 0.717) is 43.2 Å². The molecule has 3 heterocycles. The lowest BCUT2D eigenvalue weighted by atomic mass is 9.86. The summed E-state index contributed by atoms with van der Waals surface area (Å²) in [6, 6.07) is -0.148. The van der Waals surface area contributed by atoms with Crippen LogP contribution in [0.1, 0.15) is 94.8 Å². The van der Waals surface area contributed by atoms with Gasteiger partial charge < -0.3 is 14.8 Å². The number of aromatic amines is 1. The molecule has 31 heavy (non-hydrogen) atoms. The molecule has 2 aliphatic heterocycles. The van der Waals surface area contributed by atoms with E-state index in [9.17, 15) is 14.4 Å². The van der Waals surface area contributed by atoms with Crippen LogP contribution in [0, 0.1) is 11.8 Å². The molecule has 170 valence electrons. The molecule has 4 rings (SSSR count). The third-order valence-corrected chi connectivity index (χ3v) is 7.51. The molecule has 3 aliphatic rings. The number of rotatable bonds is 5. The van der Waals surface area contributed by atoms with Crippen LogP contribution in [0.15, 0.2) is 4.79 Å². The largest absolute Gasteiger partial charge is 0.338 e. The Morgan fingerprint density at radius 3 is 2.65 bits per heavy atom. The van der Waals surface area contributed by atoms with Gasteiger partial charge in [-0.3, -0.25) is 14.4 Å². The molecule has 1 N–H and O–H groups in total. The zero-order valence-corrected chi connectivity index (χ0v) is 19.0. The van der Waals surface area contributed by atoms with Crippen LogP contribution in [0.25, 0.3) is 0 Å². The fraction of sp³-hybridized carbons (Fsp3) is 0.750. The van der Waals surface area contributed by atoms with Crippen molar-refractivity contribution in [2.24, 2.45) is 11.8 Å². The summed E-state index contributed by atoms with van der Waals surface area (Å²) in [5.74, 6) is 1.40. The molecule has 7 heteroatoms. The maximum atomic E-state index is 12.9. The van der Waals surface area contributed by atoms with Gasteiger partial charge in [0.1, 0.15) is 5.82 Å². The normalized spacial score (nSPS) is 23.0. The first-order valence-corrected chi connectivity index (χ1v) is 12.2. The van der Waals surface area contributed by atoms with E-state index >= 15 is 0 Å². The van der Waals surface area contributed by atoms with Crippen LogP contribution in [0.5, 0.6) is 0 Å². The Kier molecular flexibility index (Phi) is 6.77. The highest BCUT2D eigenvalue weighted by atomic mass is 16.2. The van der Waals surface area contributed by atoms with Crippen LogP contribution in [0.4, 0.5) is 0 Å². The average Bonchev–Trinajstić information content (AvgIpc) is 3.28. The van der Waals surface area contributed by atoms with E-state index < -0.39 is 0 Å². The maximum absolute atomic E-state index is 12.9. The Labute approximate surface area is 184 Å². The third kappa shape index (κ3) is 4.70. The standard InChI is InChI=1S/C24H36N4O3/c1-3-16(2)24(31)28-12-7-10-20(28)22-25-19-11-13-27(15-18(19)23(30)26-22)21(29)14-17-8-5-4-6-9-17/h16-17,20H,3-15H2,1-2H3,(H,25,26,30)/t16-,20-/m1/s1. The van der Waals surface area contributed by atoms with Gasteiger partial charge in [-0.15, -0.1) is 0 Å². The number of aromatic nitrogens is 2. The molecule has 1 aromatic heterocycles. The number of amides is 2. The Balaban J connectivity index is 1.47. The third-order valence-electron chi connectivity index (χ3n) is 7.51. The number of hydrogen-bond donors (Lipinski definition) is 1. The topological polar surface area (TPSA) is 86.4 Å². The van der Waals surface area contributed by atoms with Crippen molar-refractivity contribution in [2.45, 2.75) is 90.6 Å². The molecular weight excluding hydrogens is 392 g/mol. The van der Waals surface area contributed by atoms with Gasteiger partial charge in [0, 0.05) is 31.8 Å². The minimum absolute atomic E-state index is 0.0197. The monoisotopic (exact) mass is 428 g/mol. The molecule has 1 saturated carbocycles. The molecule has 2 fully saturated rings. The molecule has 1 aromatic rings. The predicted octanol–water partition coefficient (Wildman–Crippen LogP) is 3.33. The van der Waals surface area contributed by atoms with E-state index in [4.69, 9.17) is 4.98 Å². The average molecular weight is 429 g/mol. The second-order valence-electron chi connectivity index (χ2n) is 9.65. The number of nitrogens with one attached hydrogen (secondary N) is 1. The quantitative estimate of drug-likeness (QED) is 0.779. The Hall–Kier alpha value is -2.18. The zero-order chi connectivity index (χ0) is 22.0. The number of H-pyrrole nitrogens is 1. The van der Waals surface area contributed by atoms with E-state index in [1.54, 1.807) is 0 Å². The lowest BCUT2D eigenvalue weighted by Gasteiger charge is -2.31. The maximum Gasteiger partial charge on any atom is 0.256 e. The van der Waals surface area contributed by atoms with Gasteiger partial charge in [-0.2, -0.15) is 0 Å². The van der Waals surface area contributed by atoms with Gasteiger partial charge in [0.15, 0.2) is 0 Å². The van der Waals surface area contributed by atoms with Crippen molar-refractivity contribution in [3.63, 3.8) is 0 Å². The highest BCUT2D eigenvalue weighted by Crippen LogP contribution is 2.32. The summed E-state index contributed by atoms with van der Waals surface area (Å²) in [5.41, 5.74) is 1.26. The van der Waals surface area contributed by atoms with Gasteiger partial charge in [0.2, 0.25) is 11.8 Å². The van der Waals surface area contributed by atoms with Crippen LogP contribution in [0.3, 0.4) is 0 Å². The zero-order valence-electron chi connectivity index (χ0n) is 19.0. The van der Waals surface area contributed by atoms with E-state index in [1.807, 2.05) is 23.6 Å². The van der Waals surface area contributed by atoms with Gasteiger partial charge >= 0.3 is 0 Å². The molecule has 2 amide bonds. The van der Waals surface area contributed by atoms with E-state index in [-0.39, 0.29) is 29.3 Å². The number of carbonyl (C=O) groups is 2. The van der Waals surface area contributed by atoms with Crippen molar-refractivity contribution in [1.29, 1.82) is 0 Å². The smallest absolute Gasteiger partial charge is 0.256 e. The van der Waals surface area contributed by atoms with Crippen LogP contribution in [0.2, 0.25) is 0 Å². The van der Waals surface area contributed by atoms with E-state index in [1.165, 1.54) is 19.3 Å². The molecule has 0 bridgehead atoms. The molecular formula is C24H36N4O3. The molecule has 7 nitrogen and oxygen atoms in total. The molecule has 1 aliphatic carbocycles. The lowest BCUT2D eigenvalue weighted by molar-refractivity contribution is -0.136. The van der Waals surface area contributed by atoms with Crippen molar-refractivity contribution in [1.82, 2.24) is 19.8 Å². The van der Waals surface area contributed by atoms with Crippen molar-refractivity contribution in [2.75, 3.05) is 13.1 Å². The molecule has 0 unspecified atom stereocenters. The van der Waals surface area contributed by atoms with Gasteiger partial charge in [-0.25, -0.2) is 4.98 Å². The molecule has 2 atom stereocenters. The highest BCUT2D eigenvalue weighted by molar-refractivity contribution is 5.79. The summed E-state index contributed by atoms with van der Waals surface area (Å²) in [6.45, 7) is 5.67. The van der Waals surface area contributed by atoms with Gasteiger partial charge in [0.25, 0.3) is 5.56 Å². The second kappa shape index (κ2) is 9.53. The van der Waals surface area contributed by atoms with E-state index in [0.717, 1.165) is 44.3 Å². The summed E-state index contributed by atoms with van der Waals surface area (Å²) in [6.07, 6.45) is 9.81. The van der Waals surface area contributed by atoms with Crippen LogP contribution in [-0.4, -0.2) is 44.7 Å². The van der Waals surface area contributed by atoms with Crippen molar-refractivity contribution < 1.29 is 9.59 Å². The number of hydrogen-bond acceptors (Lipinski definition) is 4. The summed E-state index contributed by atoms with van der Waals surface area (Å²) in [7, 11) is 0. The van der Waals surface area contributed by atoms with Crippen molar-refractivity contribution in [3.8, 4) is 0 Å². The Morgan fingerprint density at radius 2 is 1.90 bits per heavy atom. The summed E-state index contributed by atoms with van der Waals surface area (Å²) in [4.78, 5) is 50.0. The molecule has 1 saturated heterocycles. The second-order valence-corrected chi connectivity index (χ2v) is 9.65. The molecule has 0 aromatic carbocycles. The number of nitrogens with zero attached hydrogens (tertiary/aromatic N) is 3. The van der Waals surface area contributed by atoms with E-state index in [2.05, 4.69) is 4.98 Å². The molecule has 0 spiro atoms. The lowest BCUT2D eigenvalue weighted by Crippen LogP contribution is -2.41. The first-order valence-electron chi connectivity index (χ1n) is 12.2. The summed E-state index contributed by atoms with van der Waals surface area (Å²) >= 11 is 0.